The van der Waals surface area contributed by atoms with Gasteiger partial charge in [0, 0.05) is 17.0 Å². The second-order valence-corrected chi connectivity index (χ2v) is 3.78. The molecule has 0 amide bonds. The summed E-state index contributed by atoms with van der Waals surface area (Å²) in [7, 11) is 0. The van der Waals surface area contributed by atoms with Gasteiger partial charge in [-0.3, -0.25) is 0 Å². The van der Waals surface area contributed by atoms with E-state index < -0.39 is 18.0 Å². The van der Waals surface area contributed by atoms with Crippen LogP contribution in [0.5, 0.6) is 0 Å². The highest BCUT2D eigenvalue weighted by molar-refractivity contribution is 5.25. The molecule has 17 heavy (non-hydrogen) atoms. The number of azide groups is 1. The van der Waals surface area contributed by atoms with E-state index in [0.717, 1.165) is 5.56 Å². The quantitative estimate of drug-likeness (QED) is 0.468. The van der Waals surface area contributed by atoms with E-state index in [-0.39, 0.29) is 18.5 Å². The van der Waals surface area contributed by atoms with Crippen LogP contribution in [0, 0.1) is 12.7 Å². The number of nitrogens with zero attached hydrogens (tertiary/aromatic N) is 3. The molecule has 0 bridgehead atoms. The van der Waals surface area contributed by atoms with E-state index in [9.17, 15) is 14.6 Å². The van der Waals surface area contributed by atoms with Gasteiger partial charge >= 0.3 is 0 Å². The van der Waals surface area contributed by atoms with Crippen molar-refractivity contribution < 1.29 is 14.6 Å². The van der Waals surface area contributed by atoms with Gasteiger partial charge in [-0.05, 0) is 30.5 Å². The summed E-state index contributed by atoms with van der Waals surface area (Å²) in [5, 5.41) is 22.6. The Balaban J connectivity index is 2.73. The van der Waals surface area contributed by atoms with E-state index in [2.05, 4.69) is 10.0 Å². The summed E-state index contributed by atoms with van der Waals surface area (Å²) in [6, 6.07) is 4.38. The molecule has 1 aromatic rings. The zero-order valence-corrected chi connectivity index (χ0v) is 9.41. The number of aliphatic hydroxyl groups is 2. The first-order valence-corrected chi connectivity index (χ1v) is 5.19. The number of hydrogen-bond acceptors (Lipinski definition) is 3. The first-order chi connectivity index (χ1) is 8.06. The fourth-order valence-electron chi connectivity index (χ4n) is 1.47. The van der Waals surface area contributed by atoms with Crippen molar-refractivity contribution in [1.29, 1.82) is 0 Å². The molecule has 2 atom stereocenters. The lowest BCUT2D eigenvalue weighted by atomic mass is 10.0. The molecule has 0 aliphatic heterocycles. The minimum absolute atomic E-state index is 0.0454. The lowest BCUT2D eigenvalue weighted by Crippen LogP contribution is -2.20. The van der Waals surface area contributed by atoms with Crippen LogP contribution in [0.15, 0.2) is 23.3 Å². The molecule has 0 saturated carbocycles. The minimum atomic E-state index is -1.32. The Morgan fingerprint density at radius 1 is 1.47 bits per heavy atom. The van der Waals surface area contributed by atoms with Gasteiger partial charge < -0.3 is 10.2 Å². The van der Waals surface area contributed by atoms with Gasteiger partial charge in [0.15, 0.2) is 0 Å². The maximum atomic E-state index is 13.5. The van der Waals surface area contributed by atoms with E-state index >= 15 is 0 Å². The van der Waals surface area contributed by atoms with Crippen molar-refractivity contribution in [3.05, 3.63) is 45.6 Å². The van der Waals surface area contributed by atoms with E-state index in [0.29, 0.717) is 0 Å². The van der Waals surface area contributed by atoms with Crippen LogP contribution < -0.4 is 0 Å². The van der Waals surface area contributed by atoms with Crippen molar-refractivity contribution in [2.24, 2.45) is 5.11 Å². The van der Waals surface area contributed by atoms with Gasteiger partial charge in [0.05, 0.1) is 6.10 Å². The summed E-state index contributed by atoms with van der Waals surface area (Å²) in [6.07, 6.45) is -2.39. The van der Waals surface area contributed by atoms with Crippen LogP contribution in [-0.2, 0) is 0 Å². The Kier molecular flexibility index (Phi) is 4.90. The van der Waals surface area contributed by atoms with E-state index in [1.165, 1.54) is 12.1 Å². The maximum Gasteiger partial charge on any atom is 0.129 e. The van der Waals surface area contributed by atoms with Crippen molar-refractivity contribution in [3.63, 3.8) is 0 Å². The number of halogens is 1. The van der Waals surface area contributed by atoms with Gasteiger partial charge in [-0.2, -0.15) is 0 Å². The molecule has 0 aromatic heterocycles. The lowest BCUT2D eigenvalue weighted by Gasteiger charge is -2.18. The van der Waals surface area contributed by atoms with E-state index in [4.69, 9.17) is 5.53 Å². The average Bonchev–Trinajstić information content (AvgIpc) is 2.28. The van der Waals surface area contributed by atoms with Crippen molar-refractivity contribution >= 4 is 0 Å². The number of hydrogen-bond donors (Lipinski definition) is 2. The van der Waals surface area contributed by atoms with Gasteiger partial charge in [0.2, 0.25) is 0 Å². The highest BCUT2D eigenvalue weighted by atomic mass is 19.1. The molecular formula is C11H14FN3O2. The number of benzene rings is 1. The summed E-state index contributed by atoms with van der Waals surface area (Å²) >= 11 is 0. The number of aliphatic hydroxyl groups excluding tert-OH is 2. The largest absolute Gasteiger partial charge is 0.390 e. The topological polar surface area (TPSA) is 89.2 Å². The molecule has 1 rings (SSSR count). The van der Waals surface area contributed by atoms with Gasteiger partial charge in [-0.1, -0.05) is 17.2 Å². The summed E-state index contributed by atoms with van der Waals surface area (Å²) in [5.74, 6) is -0.555. The predicted molar refractivity (Wildman–Crippen MR) is 60.7 cm³/mol. The SMILES string of the molecule is Cc1ccc(C(O)C(O)CCN=[N+]=[N-])c(F)c1. The van der Waals surface area contributed by atoms with Crippen molar-refractivity contribution in [2.45, 2.75) is 25.6 Å². The standard InChI is InChI=1S/C11H14FN3O2/c1-7-2-3-8(9(12)6-7)11(17)10(16)4-5-14-15-13/h2-3,6,10-11,16-17H,4-5H2,1H3. The molecule has 0 aliphatic rings. The van der Waals surface area contributed by atoms with E-state index in [1.54, 1.807) is 13.0 Å². The van der Waals surface area contributed by atoms with Crippen molar-refractivity contribution in [1.82, 2.24) is 0 Å². The van der Waals surface area contributed by atoms with Crippen molar-refractivity contribution in [3.8, 4) is 0 Å². The van der Waals surface area contributed by atoms with Crippen LogP contribution in [0.2, 0.25) is 0 Å². The molecule has 6 heteroatoms. The third kappa shape index (κ3) is 3.71. The monoisotopic (exact) mass is 239 g/mol. The molecular weight excluding hydrogens is 225 g/mol. The Hall–Kier alpha value is -1.62. The molecule has 2 unspecified atom stereocenters. The van der Waals surface area contributed by atoms with Gasteiger partial charge in [0.25, 0.3) is 0 Å². The molecule has 1 aromatic carbocycles. The first kappa shape index (κ1) is 13.4. The lowest BCUT2D eigenvalue weighted by molar-refractivity contribution is 0.0130. The fraction of sp³-hybridized carbons (Fsp3) is 0.455. The summed E-state index contributed by atoms with van der Waals surface area (Å²) in [4.78, 5) is 2.53. The summed E-state index contributed by atoms with van der Waals surface area (Å²) in [6.45, 7) is 1.79. The third-order valence-corrected chi connectivity index (χ3v) is 2.43. The second-order valence-electron chi connectivity index (χ2n) is 3.78. The van der Waals surface area contributed by atoms with Crippen LogP contribution in [0.25, 0.3) is 10.4 Å². The molecule has 0 aliphatic carbocycles. The van der Waals surface area contributed by atoms with Crippen LogP contribution in [-0.4, -0.2) is 22.9 Å². The fourth-order valence-corrected chi connectivity index (χ4v) is 1.47. The first-order valence-electron chi connectivity index (χ1n) is 5.19. The highest BCUT2D eigenvalue weighted by Crippen LogP contribution is 2.22. The van der Waals surface area contributed by atoms with Crippen LogP contribution in [0.3, 0.4) is 0 Å². The highest BCUT2D eigenvalue weighted by Gasteiger charge is 2.20. The Morgan fingerprint density at radius 2 is 2.18 bits per heavy atom. The molecule has 2 N–H and O–H groups in total. The van der Waals surface area contributed by atoms with Crippen molar-refractivity contribution in [2.75, 3.05) is 6.54 Å². The normalized spacial score (nSPS) is 13.9. The molecule has 92 valence electrons. The molecule has 0 radical (unpaired) electrons. The molecule has 0 spiro atoms. The van der Waals surface area contributed by atoms with Crippen LogP contribution in [0.1, 0.15) is 23.7 Å². The Morgan fingerprint density at radius 3 is 2.76 bits per heavy atom. The van der Waals surface area contributed by atoms with Gasteiger partial charge in [-0.25, -0.2) is 4.39 Å². The molecule has 5 nitrogen and oxygen atoms in total. The van der Waals surface area contributed by atoms with Gasteiger partial charge in [0.1, 0.15) is 11.9 Å². The molecule has 0 saturated heterocycles. The summed E-state index contributed by atoms with van der Waals surface area (Å²) in [5.41, 5.74) is 8.85. The number of rotatable bonds is 5. The second kappa shape index (κ2) is 6.20. The van der Waals surface area contributed by atoms with Crippen LogP contribution >= 0.6 is 0 Å². The third-order valence-electron chi connectivity index (χ3n) is 2.43. The summed E-state index contributed by atoms with van der Waals surface area (Å²) < 4.78 is 13.5. The minimum Gasteiger partial charge on any atom is -0.390 e. The Labute approximate surface area is 98.1 Å². The maximum absolute atomic E-state index is 13.5. The Bertz CT molecular complexity index is 433. The average molecular weight is 239 g/mol. The van der Waals surface area contributed by atoms with Crippen LogP contribution in [0.4, 0.5) is 4.39 Å². The predicted octanol–water partition coefficient (Wildman–Crippen LogP) is 2.23. The smallest absolute Gasteiger partial charge is 0.129 e. The zero-order valence-electron chi connectivity index (χ0n) is 9.41. The van der Waals surface area contributed by atoms with E-state index in [1.807, 2.05) is 0 Å². The van der Waals surface area contributed by atoms with Gasteiger partial charge in [-0.15, -0.1) is 0 Å². The number of aryl methyl sites for hydroxylation is 1. The molecule has 0 fully saturated rings. The molecule has 0 heterocycles. The zero-order chi connectivity index (χ0) is 12.8.